The lowest BCUT2D eigenvalue weighted by atomic mass is 9.40. The summed E-state index contributed by atoms with van der Waals surface area (Å²) in [5, 5.41) is 0. The van der Waals surface area contributed by atoms with Gasteiger partial charge in [-0.15, -0.1) is 0 Å². The van der Waals surface area contributed by atoms with Crippen LogP contribution >= 0.6 is 0 Å². The molecular weight excluding hydrogens is 179 g/mol. The van der Waals surface area contributed by atoms with Crippen molar-refractivity contribution in [3.05, 3.63) is 29.8 Å². The molecule has 0 N–H and O–H groups in total. The van der Waals surface area contributed by atoms with E-state index in [1.165, 1.54) is 36.5 Å². The summed E-state index contributed by atoms with van der Waals surface area (Å²) in [4.78, 5) is 0. The van der Waals surface area contributed by atoms with E-state index in [2.05, 4.69) is 45.0 Å². The Hall–Kier alpha value is -0.715. The zero-order valence-corrected chi connectivity index (χ0v) is 10.4. The van der Waals surface area contributed by atoms with Crippen molar-refractivity contribution in [3.63, 3.8) is 0 Å². The molecule has 0 heterocycles. The van der Waals surface area contributed by atoms with Crippen LogP contribution in [0.3, 0.4) is 0 Å². The van der Waals surface area contributed by atoms with Crippen LogP contribution in [0.15, 0.2) is 24.3 Å². The molecular formula is C14H23B. The van der Waals surface area contributed by atoms with E-state index < -0.39 is 0 Å². The highest BCUT2D eigenvalue weighted by atomic mass is 13.9. The summed E-state index contributed by atoms with van der Waals surface area (Å²) in [5.74, 6) is 0. The van der Waals surface area contributed by atoms with E-state index >= 15 is 0 Å². The first kappa shape index (κ1) is 12.4. The Labute approximate surface area is 95.2 Å². The van der Waals surface area contributed by atoms with E-state index in [0.717, 1.165) is 13.1 Å². The second-order valence-corrected chi connectivity index (χ2v) is 4.37. The third kappa shape index (κ3) is 3.73. The van der Waals surface area contributed by atoms with Gasteiger partial charge in [-0.1, -0.05) is 76.0 Å². The fourth-order valence-corrected chi connectivity index (χ4v) is 2.20. The maximum Gasteiger partial charge on any atom is 0.175 e. The highest BCUT2D eigenvalue weighted by Gasteiger charge is 2.13. The SMILES string of the molecule is CCCB(CCC)c1ccc(CC)cc1. The predicted octanol–water partition coefficient (Wildman–Crippen LogP) is 3.77. The lowest BCUT2D eigenvalue weighted by molar-refractivity contribution is 1.01. The summed E-state index contributed by atoms with van der Waals surface area (Å²) >= 11 is 0. The standard InChI is InChI=1S/C14H23B/c1-4-11-15(12-5-2)14-9-7-13(6-3)8-10-14/h7-10H,4-6,11-12H2,1-3H3. The first-order valence-electron chi connectivity index (χ1n) is 6.40. The van der Waals surface area contributed by atoms with Gasteiger partial charge in [0.25, 0.3) is 0 Å². The van der Waals surface area contributed by atoms with Gasteiger partial charge >= 0.3 is 0 Å². The summed E-state index contributed by atoms with van der Waals surface area (Å²) in [6.45, 7) is 7.56. The van der Waals surface area contributed by atoms with Gasteiger partial charge in [0, 0.05) is 0 Å². The molecule has 1 rings (SSSR count). The van der Waals surface area contributed by atoms with Crippen molar-refractivity contribution in [2.75, 3.05) is 0 Å². The third-order valence-electron chi connectivity index (χ3n) is 3.13. The van der Waals surface area contributed by atoms with Crippen molar-refractivity contribution in [1.82, 2.24) is 0 Å². The van der Waals surface area contributed by atoms with Gasteiger partial charge in [-0.3, -0.25) is 0 Å². The summed E-state index contributed by atoms with van der Waals surface area (Å²) < 4.78 is 0. The van der Waals surface area contributed by atoms with Crippen LogP contribution in [0.1, 0.15) is 39.2 Å². The Kier molecular flexibility index (Phi) is 5.53. The molecule has 0 aliphatic carbocycles. The molecule has 0 fully saturated rings. The van der Waals surface area contributed by atoms with E-state index in [9.17, 15) is 0 Å². The zero-order valence-electron chi connectivity index (χ0n) is 10.4. The number of rotatable bonds is 6. The Morgan fingerprint density at radius 3 is 1.80 bits per heavy atom. The number of aryl methyl sites for hydroxylation is 1. The minimum atomic E-state index is 0.783. The van der Waals surface area contributed by atoms with Gasteiger partial charge in [-0.2, -0.15) is 0 Å². The van der Waals surface area contributed by atoms with Crippen molar-refractivity contribution >= 4 is 12.2 Å². The second kappa shape index (κ2) is 6.71. The minimum Gasteiger partial charge on any atom is -0.0800 e. The van der Waals surface area contributed by atoms with Crippen molar-refractivity contribution in [2.45, 2.75) is 52.7 Å². The molecule has 0 saturated heterocycles. The first-order chi connectivity index (χ1) is 7.31. The normalized spacial score (nSPS) is 10.3. The van der Waals surface area contributed by atoms with Gasteiger partial charge in [-0.25, -0.2) is 0 Å². The van der Waals surface area contributed by atoms with Crippen LogP contribution in [-0.2, 0) is 6.42 Å². The predicted molar refractivity (Wildman–Crippen MR) is 71.4 cm³/mol. The lowest BCUT2D eigenvalue weighted by Gasteiger charge is -2.12. The fourth-order valence-electron chi connectivity index (χ4n) is 2.20. The van der Waals surface area contributed by atoms with Crippen molar-refractivity contribution in [3.8, 4) is 0 Å². The molecule has 82 valence electrons. The molecule has 0 radical (unpaired) electrons. The van der Waals surface area contributed by atoms with E-state index in [-0.39, 0.29) is 0 Å². The van der Waals surface area contributed by atoms with Crippen molar-refractivity contribution in [2.24, 2.45) is 0 Å². The third-order valence-corrected chi connectivity index (χ3v) is 3.13. The molecule has 1 aromatic carbocycles. The Balaban J connectivity index is 2.72. The maximum absolute atomic E-state index is 2.33. The van der Waals surface area contributed by atoms with Crippen LogP contribution in [0.5, 0.6) is 0 Å². The molecule has 15 heavy (non-hydrogen) atoms. The molecule has 0 unspecified atom stereocenters. The average molecular weight is 202 g/mol. The first-order valence-corrected chi connectivity index (χ1v) is 6.40. The Bertz CT molecular complexity index is 257. The number of hydrogen-bond acceptors (Lipinski definition) is 0. The van der Waals surface area contributed by atoms with Crippen LogP contribution in [0.4, 0.5) is 0 Å². The molecule has 0 amide bonds. The number of hydrogen-bond donors (Lipinski definition) is 0. The van der Waals surface area contributed by atoms with Gasteiger partial charge in [0.05, 0.1) is 0 Å². The molecule has 1 aromatic rings. The van der Waals surface area contributed by atoms with Gasteiger partial charge in [0.15, 0.2) is 6.71 Å². The quantitative estimate of drug-likeness (QED) is 0.616. The largest absolute Gasteiger partial charge is 0.175 e. The molecule has 0 atom stereocenters. The van der Waals surface area contributed by atoms with E-state index in [0.29, 0.717) is 0 Å². The molecule has 0 nitrogen and oxygen atoms in total. The van der Waals surface area contributed by atoms with Crippen LogP contribution in [-0.4, -0.2) is 6.71 Å². The van der Waals surface area contributed by atoms with E-state index in [1.54, 1.807) is 0 Å². The molecule has 0 saturated carbocycles. The molecule has 1 heteroatoms. The van der Waals surface area contributed by atoms with Gasteiger partial charge in [0.1, 0.15) is 0 Å². The van der Waals surface area contributed by atoms with Crippen molar-refractivity contribution in [1.29, 1.82) is 0 Å². The van der Waals surface area contributed by atoms with Gasteiger partial charge < -0.3 is 0 Å². The summed E-state index contributed by atoms with van der Waals surface area (Å²) in [5.41, 5.74) is 2.99. The second-order valence-electron chi connectivity index (χ2n) is 4.37. The highest BCUT2D eigenvalue weighted by Crippen LogP contribution is 2.08. The Morgan fingerprint density at radius 1 is 0.867 bits per heavy atom. The topological polar surface area (TPSA) is 0 Å². The summed E-state index contributed by atoms with van der Waals surface area (Å²) in [6.07, 6.45) is 6.39. The molecule has 0 aliphatic rings. The highest BCUT2D eigenvalue weighted by molar-refractivity contribution is 6.73. The molecule has 0 bridgehead atoms. The minimum absolute atomic E-state index is 0.783. The number of benzene rings is 1. The lowest BCUT2D eigenvalue weighted by Crippen LogP contribution is -2.29. The maximum atomic E-state index is 2.33. The molecule has 0 aliphatic heterocycles. The summed E-state index contributed by atoms with van der Waals surface area (Å²) in [7, 11) is 0. The summed E-state index contributed by atoms with van der Waals surface area (Å²) in [6, 6.07) is 9.23. The van der Waals surface area contributed by atoms with Crippen molar-refractivity contribution < 1.29 is 0 Å². The molecule has 0 aromatic heterocycles. The monoisotopic (exact) mass is 202 g/mol. The zero-order chi connectivity index (χ0) is 11.1. The van der Waals surface area contributed by atoms with Crippen LogP contribution in [0.2, 0.25) is 12.6 Å². The van der Waals surface area contributed by atoms with Crippen LogP contribution in [0.25, 0.3) is 0 Å². The fraction of sp³-hybridized carbons (Fsp3) is 0.571. The van der Waals surface area contributed by atoms with Crippen LogP contribution in [0, 0.1) is 0 Å². The average Bonchev–Trinajstić information content (AvgIpc) is 2.29. The van der Waals surface area contributed by atoms with Crippen LogP contribution < -0.4 is 5.46 Å². The Morgan fingerprint density at radius 2 is 1.40 bits per heavy atom. The smallest absolute Gasteiger partial charge is 0.0800 e. The van der Waals surface area contributed by atoms with Gasteiger partial charge in [-0.05, 0) is 12.0 Å². The molecule has 0 spiro atoms. The van der Waals surface area contributed by atoms with E-state index in [4.69, 9.17) is 0 Å². The van der Waals surface area contributed by atoms with E-state index in [1.807, 2.05) is 0 Å². The van der Waals surface area contributed by atoms with Gasteiger partial charge in [0.2, 0.25) is 0 Å².